The minimum Gasteiger partial charge on any atom is -0.479 e. The largest absolute Gasteiger partial charge is 0.479 e. The average Bonchev–Trinajstić information content (AvgIpc) is 2.44. The first-order valence-corrected chi connectivity index (χ1v) is 6.19. The van der Waals surface area contributed by atoms with Crippen LogP contribution in [0.25, 0.3) is 0 Å². The maximum absolute atomic E-state index is 11.9. The number of aliphatic carboxylic acids is 1. The Morgan fingerprint density at radius 3 is 2.29 bits per heavy atom. The molecule has 1 aromatic rings. The van der Waals surface area contributed by atoms with Crippen molar-refractivity contribution < 1.29 is 22.5 Å². The monoisotopic (exact) mass is 262 g/mol. The molecule has 17 heavy (non-hydrogen) atoms. The summed E-state index contributed by atoms with van der Waals surface area (Å²) in [7, 11) is -4.16. The fraction of sp³-hybridized carbons (Fsp3) is 0.556. The molecule has 7 nitrogen and oxygen atoms in total. The first kappa shape index (κ1) is 13.7. The number of carboxylic acids is 1. The highest BCUT2D eigenvalue weighted by Crippen LogP contribution is 2.24. The van der Waals surface area contributed by atoms with E-state index in [1.54, 1.807) is 0 Å². The molecule has 8 heteroatoms. The topological polar surface area (TPSA) is 109 Å². The molecule has 96 valence electrons. The summed E-state index contributed by atoms with van der Waals surface area (Å²) in [5, 5.41) is 15.1. The molecule has 0 amide bonds. The van der Waals surface area contributed by atoms with Crippen molar-refractivity contribution in [2.45, 2.75) is 38.2 Å². The molecule has 1 rings (SSSR count). The Morgan fingerprint density at radius 1 is 1.41 bits per heavy atom. The zero-order valence-corrected chi connectivity index (χ0v) is 10.8. The third-order valence-corrected chi connectivity index (χ3v) is 3.88. The van der Waals surface area contributed by atoms with Crippen LogP contribution in [0.2, 0.25) is 0 Å². The first-order valence-electron chi connectivity index (χ1n) is 4.78. The molecule has 0 saturated heterocycles. The number of nitrogens with zero attached hydrogens (tertiary/aromatic N) is 1. The normalized spacial score (nSPS) is 12.7. The molecular weight excluding hydrogens is 248 g/mol. The van der Waals surface area contributed by atoms with Gasteiger partial charge < -0.3 is 5.11 Å². The standard InChI is InChI=1S/C9H14N2O5S/c1-5-7(6(2)11-10-5)17(14,15)16-9(3,4)8(12)13/h1-4H3,(H,10,11)(H,12,13). The summed E-state index contributed by atoms with van der Waals surface area (Å²) < 4.78 is 28.5. The van der Waals surface area contributed by atoms with E-state index in [4.69, 9.17) is 9.29 Å². The van der Waals surface area contributed by atoms with E-state index < -0.39 is 21.7 Å². The Kier molecular flexibility index (Phi) is 3.30. The average molecular weight is 262 g/mol. The van der Waals surface area contributed by atoms with Crippen molar-refractivity contribution in [3.63, 3.8) is 0 Å². The second-order valence-corrected chi connectivity index (χ2v) is 5.60. The molecule has 0 aliphatic carbocycles. The number of hydrogen-bond acceptors (Lipinski definition) is 5. The molecule has 2 N–H and O–H groups in total. The van der Waals surface area contributed by atoms with Gasteiger partial charge in [0.25, 0.3) is 0 Å². The molecule has 0 spiro atoms. The first-order chi connectivity index (χ1) is 7.58. The smallest absolute Gasteiger partial charge is 0.336 e. The SMILES string of the molecule is Cc1n[nH]c(C)c1S(=O)(=O)OC(C)(C)C(=O)O. The number of carboxylic acid groups (broad SMARTS) is 1. The number of H-pyrrole nitrogens is 1. The van der Waals surface area contributed by atoms with Crippen molar-refractivity contribution in [1.82, 2.24) is 10.2 Å². The Hall–Kier alpha value is -1.41. The van der Waals surface area contributed by atoms with E-state index in [1.807, 2.05) is 0 Å². The predicted octanol–water partition coefficient (Wildman–Crippen LogP) is 0.595. The molecule has 1 heterocycles. The number of hydrogen-bond donors (Lipinski definition) is 2. The van der Waals surface area contributed by atoms with E-state index in [0.717, 1.165) is 13.8 Å². The minimum atomic E-state index is -4.16. The molecular formula is C9H14N2O5S. The van der Waals surface area contributed by atoms with Gasteiger partial charge in [0.15, 0.2) is 5.60 Å². The van der Waals surface area contributed by atoms with Crippen molar-refractivity contribution in [3.8, 4) is 0 Å². The van der Waals surface area contributed by atoms with Gasteiger partial charge in [-0.25, -0.2) is 8.98 Å². The molecule has 0 atom stereocenters. The molecule has 0 unspecified atom stereocenters. The van der Waals surface area contributed by atoms with E-state index >= 15 is 0 Å². The second kappa shape index (κ2) is 4.11. The van der Waals surface area contributed by atoms with Crippen molar-refractivity contribution in [2.24, 2.45) is 0 Å². The van der Waals surface area contributed by atoms with E-state index in [9.17, 15) is 13.2 Å². The lowest BCUT2D eigenvalue weighted by molar-refractivity contribution is -0.151. The fourth-order valence-corrected chi connectivity index (χ4v) is 2.79. The lowest BCUT2D eigenvalue weighted by atomic mass is 10.1. The van der Waals surface area contributed by atoms with Gasteiger partial charge in [-0.2, -0.15) is 13.5 Å². The zero-order valence-electron chi connectivity index (χ0n) is 9.94. The summed E-state index contributed by atoms with van der Waals surface area (Å²) in [5.41, 5.74) is -1.28. The molecule has 0 radical (unpaired) electrons. The van der Waals surface area contributed by atoms with Crippen LogP contribution in [0.5, 0.6) is 0 Å². The third kappa shape index (κ3) is 2.64. The number of rotatable bonds is 4. The van der Waals surface area contributed by atoms with Crippen LogP contribution in [0, 0.1) is 13.8 Å². The number of aromatic nitrogens is 2. The number of aromatic amines is 1. The maximum Gasteiger partial charge on any atom is 0.336 e. The molecule has 1 aromatic heterocycles. The Morgan fingerprint density at radius 2 is 1.94 bits per heavy atom. The summed E-state index contributed by atoms with van der Waals surface area (Å²) in [5.74, 6) is -1.36. The van der Waals surface area contributed by atoms with E-state index in [0.29, 0.717) is 5.69 Å². The van der Waals surface area contributed by atoms with Crippen LogP contribution in [0.1, 0.15) is 25.2 Å². The summed E-state index contributed by atoms with van der Waals surface area (Å²) in [6, 6.07) is 0. The van der Waals surface area contributed by atoms with Crippen LogP contribution < -0.4 is 0 Å². The van der Waals surface area contributed by atoms with Crippen LogP contribution in [0.3, 0.4) is 0 Å². The maximum atomic E-state index is 11.9. The highest BCUT2D eigenvalue weighted by atomic mass is 32.2. The Bertz CT molecular complexity index is 524. The molecule has 0 bridgehead atoms. The summed E-state index contributed by atoms with van der Waals surface area (Å²) in [6.07, 6.45) is 0. The van der Waals surface area contributed by atoms with Crippen molar-refractivity contribution >= 4 is 16.1 Å². The van der Waals surface area contributed by atoms with Gasteiger partial charge in [0.05, 0.1) is 11.4 Å². The summed E-state index contributed by atoms with van der Waals surface area (Å²) >= 11 is 0. The van der Waals surface area contributed by atoms with Gasteiger partial charge >= 0.3 is 16.1 Å². The van der Waals surface area contributed by atoms with Gasteiger partial charge in [0, 0.05) is 0 Å². The third-order valence-electron chi connectivity index (χ3n) is 2.14. The molecule has 0 saturated carbocycles. The van der Waals surface area contributed by atoms with Crippen molar-refractivity contribution in [1.29, 1.82) is 0 Å². The number of carbonyl (C=O) groups is 1. The lowest BCUT2D eigenvalue weighted by Gasteiger charge is -2.19. The highest BCUT2D eigenvalue weighted by molar-refractivity contribution is 7.87. The van der Waals surface area contributed by atoms with Crippen LogP contribution >= 0.6 is 0 Å². The number of aryl methyl sites for hydroxylation is 2. The van der Waals surface area contributed by atoms with Crippen molar-refractivity contribution in [3.05, 3.63) is 11.4 Å². The molecule has 0 aliphatic rings. The summed E-state index contributed by atoms with van der Waals surface area (Å²) in [4.78, 5) is 10.7. The Balaban J connectivity index is 3.19. The minimum absolute atomic E-state index is 0.119. The van der Waals surface area contributed by atoms with Gasteiger partial charge in [-0.15, -0.1) is 0 Å². The zero-order chi connectivity index (χ0) is 13.4. The van der Waals surface area contributed by atoms with E-state index in [1.165, 1.54) is 13.8 Å². The Labute approximate surface area is 98.9 Å². The van der Waals surface area contributed by atoms with Crippen LogP contribution in [-0.2, 0) is 19.1 Å². The van der Waals surface area contributed by atoms with Crippen LogP contribution in [-0.4, -0.2) is 35.3 Å². The number of nitrogens with one attached hydrogen (secondary N) is 1. The van der Waals surface area contributed by atoms with Crippen LogP contribution in [0.4, 0.5) is 0 Å². The van der Waals surface area contributed by atoms with Gasteiger partial charge in [-0.3, -0.25) is 5.10 Å². The predicted molar refractivity (Wildman–Crippen MR) is 58.0 cm³/mol. The second-order valence-electron chi connectivity index (χ2n) is 4.12. The molecule has 0 aromatic carbocycles. The molecule has 0 fully saturated rings. The highest BCUT2D eigenvalue weighted by Gasteiger charge is 2.37. The fourth-order valence-electron chi connectivity index (χ4n) is 1.26. The van der Waals surface area contributed by atoms with Gasteiger partial charge in [0.1, 0.15) is 4.90 Å². The van der Waals surface area contributed by atoms with E-state index in [-0.39, 0.29) is 10.6 Å². The quantitative estimate of drug-likeness (QED) is 0.769. The van der Waals surface area contributed by atoms with Gasteiger partial charge in [-0.1, -0.05) is 0 Å². The van der Waals surface area contributed by atoms with Crippen molar-refractivity contribution in [2.75, 3.05) is 0 Å². The summed E-state index contributed by atoms with van der Waals surface area (Å²) in [6.45, 7) is 5.34. The van der Waals surface area contributed by atoms with Gasteiger partial charge in [-0.05, 0) is 27.7 Å². The lowest BCUT2D eigenvalue weighted by Crippen LogP contribution is -2.37. The molecule has 0 aliphatic heterocycles. The van der Waals surface area contributed by atoms with Gasteiger partial charge in [0.2, 0.25) is 0 Å². The van der Waals surface area contributed by atoms with E-state index in [2.05, 4.69) is 10.2 Å². The van der Waals surface area contributed by atoms with Crippen LogP contribution in [0.15, 0.2) is 4.90 Å².